The second-order valence-corrected chi connectivity index (χ2v) is 6.00. The molecule has 1 aromatic heterocycles. The second kappa shape index (κ2) is 7.37. The first-order valence-electron chi connectivity index (χ1n) is 8.13. The van der Waals surface area contributed by atoms with Crippen LogP contribution in [0.1, 0.15) is 35.2 Å². The minimum Gasteiger partial charge on any atom is -0.473 e. The van der Waals surface area contributed by atoms with Crippen LogP contribution in [-0.4, -0.2) is 40.4 Å². The average Bonchev–Trinajstić information content (AvgIpc) is 3.05. The van der Waals surface area contributed by atoms with Gasteiger partial charge in [-0.25, -0.2) is 9.78 Å². The first-order chi connectivity index (χ1) is 12.5. The summed E-state index contributed by atoms with van der Waals surface area (Å²) in [6.45, 7) is 0. The van der Waals surface area contributed by atoms with Crippen LogP contribution in [0.15, 0.2) is 24.3 Å². The van der Waals surface area contributed by atoms with Gasteiger partial charge in [0, 0.05) is 12.0 Å². The molecule has 1 saturated carbocycles. The number of anilines is 1. The lowest BCUT2D eigenvalue weighted by Crippen LogP contribution is -2.19. The van der Waals surface area contributed by atoms with Crippen LogP contribution in [0.25, 0.3) is 11.4 Å². The first kappa shape index (κ1) is 17.6. The number of nitrogens with two attached hydrogens (primary N) is 1. The summed E-state index contributed by atoms with van der Waals surface area (Å²) in [5.74, 6) is -0.521. The van der Waals surface area contributed by atoms with Crippen LogP contribution in [0.5, 0.6) is 5.88 Å². The lowest BCUT2D eigenvalue weighted by Gasteiger charge is -2.16. The summed E-state index contributed by atoms with van der Waals surface area (Å²) in [4.78, 5) is 20.6. The third-order valence-electron chi connectivity index (χ3n) is 4.18. The molecule has 1 heterocycles. The van der Waals surface area contributed by atoms with E-state index < -0.39 is 12.1 Å². The SMILES string of the molecule is COC(=O)c1c(N)nc(-c2cccc(C#N)c2)nc1OC1CCC(O)C1. The molecular weight excluding hydrogens is 336 g/mol. The van der Waals surface area contributed by atoms with Gasteiger partial charge in [0.1, 0.15) is 11.9 Å². The van der Waals surface area contributed by atoms with E-state index in [0.717, 1.165) is 0 Å². The number of carbonyl (C=O) groups is 1. The number of ether oxygens (including phenoxy) is 2. The Morgan fingerprint density at radius 1 is 1.38 bits per heavy atom. The van der Waals surface area contributed by atoms with Crippen molar-refractivity contribution in [3.05, 3.63) is 35.4 Å². The van der Waals surface area contributed by atoms with Crippen LogP contribution in [0.4, 0.5) is 5.82 Å². The maximum absolute atomic E-state index is 12.1. The van der Waals surface area contributed by atoms with Gasteiger partial charge in [-0.1, -0.05) is 12.1 Å². The highest BCUT2D eigenvalue weighted by Gasteiger charge is 2.29. The molecule has 0 amide bonds. The van der Waals surface area contributed by atoms with Crippen molar-refractivity contribution in [3.8, 4) is 23.3 Å². The molecule has 0 aliphatic heterocycles. The van der Waals surface area contributed by atoms with Gasteiger partial charge in [0.2, 0.25) is 5.88 Å². The van der Waals surface area contributed by atoms with E-state index in [-0.39, 0.29) is 29.2 Å². The smallest absolute Gasteiger partial charge is 0.347 e. The number of aliphatic hydroxyl groups excluding tert-OH is 1. The third-order valence-corrected chi connectivity index (χ3v) is 4.18. The zero-order valence-corrected chi connectivity index (χ0v) is 14.2. The first-order valence-corrected chi connectivity index (χ1v) is 8.13. The highest BCUT2D eigenvalue weighted by molar-refractivity contribution is 5.96. The maximum Gasteiger partial charge on any atom is 0.347 e. The topological polar surface area (TPSA) is 131 Å². The monoisotopic (exact) mass is 354 g/mol. The summed E-state index contributed by atoms with van der Waals surface area (Å²) in [7, 11) is 1.23. The van der Waals surface area contributed by atoms with Crippen LogP contribution in [0, 0.1) is 11.3 Å². The van der Waals surface area contributed by atoms with E-state index in [1.54, 1.807) is 24.3 Å². The van der Waals surface area contributed by atoms with E-state index in [4.69, 9.17) is 20.5 Å². The highest BCUT2D eigenvalue weighted by atomic mass is 16.5. The number of aliphatic hydroxyl groups is 1. The molecule has 0 bridgehead atoms. The number of nitrogens with zero attached hydrogens (tertiary/aromatic N) is 3. The summed E-state index contributed by atoms with van der Waals surface area (Å²) in [5.41, 5.74) is 6.93. The van der Waals surface area contributed by atoms with Crippen molar-refractivity contribution in [1.82, 2.24) is 9.97 Å². The number of benzene rings is 1. The van der Waals surface area contributed by atoms with E-state index >= 15 is 0 Å². The standard InChI is InChI=1S/C18H18N4O4/c1-25-18(24)14-15(20)21-16(11-4-2-3-10(7-11)9-19)22-17(14)26-13-6-5-12(23)8-13/h2-4,7,12-13,23H,5-6,8H2,1H3,(H2,20,21,22). The van der Waals surface area contributed by atoms with Crippen molar-refractivity contribution < 1.29 is 19.4 Å². The van der Waals surface area contributed by atoms with E-state index in [1.165, 1.54) is 7.11 Å². The molecule has 8 nitrogen and oxygen atoms in total. The van der Waals surface area contributed by atoms with Crippen molar-refractivity contribution in [3.63, 3.8) is 0 Å². The number of hydrogen-bond acceptors (Lipinski definition) is 8. The highest BCUT2D eigenvalue weighted by Crippen LogP contribution is 2.30. The summed E-state index contributed by atoms with van der Waals surface area (Å²) >= 11 is 0. The molecule has 8 heteroatoms. The van der Waals surface area contributed by atoms with Gasteiger partial charge in [0.15, 0.2) is 11.4 Å². The fraction of sp³-hybridized carbons (Fsp3) is 0.333. The number of carbonyl (C=O) groups excluding carboxylic acids is 1. The van der Waals surface area contributed by atoms with Crippen LogP contribution < -0.4 is 10.5 Å². The van der Waals surface area contributed by atoms with E-state index in [9.17, 15) is 9.90 Å². The Morgan fingerprint density at radius 2 is 2.19 bits per heavy atom. The summed E-state index contributed by atoms with van der Waals surface area (Å²) in [6.07, 6.45) is 0.999. The van der Waals surface area contributed by atoms with Gasteiger partial charge in [-0.15, -0.1) is 0 Å². The Morgan fingerprint density at radius 3 is 2.85 bits per heavy atom. The lowest BCUT2D eigenvalue weighted by atomic mass is 10.1. The Balaban J connectivity index is 2.04. The molecule has 26 heavy (non-hydrogen) atoms. The second-order valence-electron chi connectivity index (χ2n) is 6.00. The van der Waals surface area contributed by atoms with Gasteiger partial charge in [-0.2, -0.15) is 10.2 Å². The Kier molecular flexibility index (Phi) is 5.00. The quantitative estimate of drug-likeness (QED) is 0.793. The molecule has 2 aromatic rings. The molecule has 1 aliphatic rings. The molecule has 0 spiro atoms. The fourth-order valence-corrected chi connectivity index (χ4v) is 2.88. The maximum atomic E-state index is 12.1. The minimum absolute atomic E-state index is 0.0146. The van der Waals surface area contributed by atoms with Crippen molar-refractivity contribution in [2.24, 2.45) is 0 Å². The molecule has 2 atom stereocenters. The van der Waals surface area contributed by atoms with Crippen LogP contribution >= 0.6 is 0 Å². The van der Waals surface area contributed by atoms with Gasteiger partial charge >= 0.3 is 5.97 Å². The number of rotatable bonds is 4. The molecule has 3 rings (SSSR count). The molecule has 1 aromatic carbocycles. The Hall–Kier alpha value is -3.18. The number of aromatic nitrogens is 2. The Bertz CT molecular complexity index is 878. The van der Waals surface area contributed by atoms with Gasteiger partial charge in [-0.05, 0) is 25.0 Å². The fourth-order valence-electron chi connectivity index (χ4n) is 2.88. The van der Waals surface area contributed by atoms with E-state index in [2.05, 4.69) is 9.97 Å². The third kappa shape index (κ3) is 3.58. The van der Waals surface area contributed by atoms with Crippen LogP contribution in [-0.2, 0) is 4.74 Å². The van der Waals surface area contributed by atoms with Crippen molar-refractivity contribution >= 4 is 11.8 Å². The van der Waals surface area contributed by atoms with Gasteiger partial charge in [0.05, 0.1) is 24.8 Å². The molecule has 1 aliphatic carbocycles. The van der Waals surface area contributed by atoms with Crippen LogP contribution in [0.3, 0.4) is 0 Å². The molecule has 2 unspecified atom stereocenters. The number of nitriles is 1. The van der Waals surface area contributed by atoms with Gasteiger partial charge in [0.25, 0.3) is 0 Å². The normalized spacial score (nSPS) is 19.0. The number of nitrogen functional groups attached to an aromatic ring is 1. The molecule has 3 N–H and O–H groups in total. The minimum atomic E-state index is -0.701. The molecular formula is C18H18N4O4. The van der Waals surface area contributed by atoms with Gasteiger partial charge in [-0.3, -0.25) is 0 Å². The van der Waals surface area contributed by atoms with Crippen molar-refractivity contribution in [1.29, 1.82) is 5.26 Å². The summed E-state index contributed by atoms with van der Waals surface area (Å²) < 4.78 is 10.6. The predicted molar refractivity (Wildman–Crippen MR) is 92.2 cm³/mol. The number of methoxy groups -OCH3 is 1. The average molecular weight is 354 g/mol. The predicted octanol–water partition coefficient (Wildman–Crippen LogP) is 1.68. The van der Waals surface area contributed by atoms with E-state index in [1.807, 2.05) is 6.07 Å². The number of hydrogen-bond donors (Lipinski definition) is 2. The summed E-state index contributed by atoms with van der Waals surface area (Å²) in [5, 5.41) is 18.7. The zero-order chi connectivity index (χ0) is 18.7. The summed E-state index contributed by atoms with van der Waals surface area (Å²) in [6, 6.07) is 8.77. The zero-order valence-electron chi connectivity index (χ0n) is 14.2. The van der Waals surface area contributed by atoms with E-state index in [0.29, 0.717) is 30.4 Å². The lowest BCUT2D eigenvalue weighted by molar-refractivity contribution is 0.0592. The molecule has 0 saturated heterocycles. The van der Waals surface area contributed by atoms with Crippen molar-refractivity contribution in [2.75, 3.05) is 12.8 Å². The van der Waals surface area contributed by atoms with Crippen LogP contribution in [0.2, 0.25) is 0 Å². The largest absolute Gasteiger partial charge is 0.473 e. The van der Waals surface area contributed by atoms with Crippen molar-refractivity contribution in [2.45, 2.75) is 31.5 Å². The number of esters is 1. The van der Waals surface area contributed by atoms with Gasteiger partial charge < -0.3 is 20.3 Å². The Labute approximate surface area is 150 Å². The molecule has 134 valence electrons. The molecule has 0 radical (unpaired) electrons. The molecule has 1 fully saturated rings.